The molecule has 0 heterocycles. The molecule has 2 aromatic rings. The minimum atomic E-state index is -0.610. The molecule has 5 nitrogen and oxygen atoms in total. The van der Waals surface area contributed by atoms with Gasteiger partial charge in [0, 0.05) is 13.1 Å². The van der Waals surface area contributed by atoms with Gasteiger partial charge in [0.15, 0.2) is 0 Å². The second-order valence-corrected chi connectivity index (χ2v) is 5.39. The minimum Gasteiger partial charge on any atom is -0.328 e. The normalized spacial score (nSPS) is 12.0. The van der Waals surface area contributed by atoms with Crippen LogP contribution in [-0.2, 0) is 17.8 Å². The van der Waals surface area contributed by atoms with Crippen molar-refractivity contribution in [3.05, 3.63) is 59.7 Å². The zero-order chi connectivity index (χ0) is 16.7. The molecule has 0 aliphatic heterocycles. The van der Waals surface area contributed by atoms with Crippen LogP contribution >= 0.6 is 0 Å². The molecule has 1 amide bonds. The molecule has 5 N–H and O–H groups in total. The molecular weight excluding hydrogens is 290 g/mol. The van der Waals surface area contributed by atoms with Crippen molar-refractivity contribution in [2.75, 3.05) is 6.54 Å². The van der Waals surface area contributed by atoms with Crippen LogP contribution in [0.15, 0.2) is 48.5 Å². The molecule has 0 saturated heterocycles. The summed E-state index contributed by atoms with van der Waals surface area (Å²) in [5.41, 5.74) is 11.8. The smallest absolute Gasteiger partial charge is 0.261 e. The highest BCUT2D eigenvalue weighted by Gasteiger charge is 2.14. The summed E-state index contributed by atoms with van der Waals surface area (Å²) in [6.07, 6.45) is 1.04. The lowest BCUT2D eigenvalue weighted by molar-refractivity contribution is -0.131. The molecule has 0 aliphatic rings. The van der Waals surface area contributed by atoms with E-state index in [0.29, 0.717) is 6.54 Å². The molecule has 2 aromatic carbocycles. The van der Waals surface area contributed by atoms with E-state index in [0.717, 1.165) is 17.5 Å². The first-order valence-electron chi connectivity index (χ1n) is 7.73. The van der Waals surface area contributed by atoms with Crippen LogP contribution in [-0.4, -0.2) is 23.7 Å². The zero-order valence-corrected chi connectivity index (χ0v) is 13.3. The van der Waals surface area contributed by atoms with Gasteiger partial charge in [-0.05, 0) is 28.7 Å². The number of hydrogen-bond donors (Lipinski definition) is 4. The molecule has 0 spiro atoms. The van der Waals surface area contributed by atoms with Crippen LogP contribution in [0.2, 0.25) is 0 Å². The lowest BCUT2D eigenvalue weighted by Gasteiger charge is -2.14. The predicted octanol–water partition coefficient (Wildman–Crippen LogP) is 1.84. The molecular formula is C18H23N3O2. The summed E-state index contributed by atoms with van der Waals surface area (Å²) in [4.78, 5) is 11.4. The van der Waals surface area contributed by atoms with Crippen LogP contribution in [0.3, 0.4) is 0 Å². The summed E-state index contributed by atoms with van der Waals surface area (Å²) in [6, 6.07) is 16.1. The fourth-order valence-electron chi connectivity index (χ4n) is 2.35. The van der Waals surface area contributed by atoms with Crippen molar-refractivity contribution in [2.45, 2.75) is 25.9 Å². The largest absolute Gasteiger partial charge is 0.328 e. The average molecular weight is 313 g/mol. The van der Waals surface area contributed by atoms with E-state index in [9.17, 15) is 4.79 Å². The van der Waals surface area contributed by atoms with Gasteiger partial charge in [0.2, 0.25) is 0 Å². The fraction of sp³-hybridized carbons (Fsp3) is 0.278. The van der Waals surface area contributed by atoms with E-state index in [-0.39, 0.29) is 6.54 Å². The summed E-state index contributed by atoms with van der Waals surface area (Å²) < 4.78 is 0. The number of nitrogens with two attached hydrogens (primary N) is 1. The third-order valence-electron chi connectivity index (χ3n) is 3.86. The molecule has 23 heavy (non-hydrogen) atoms. The topological polar surface area (TPSA) is 87.4 Å². The molecule has 0 unspecified atom stereocenters. The number of rotatable bonds is 7. The fourth-order valence-corrected chi connectivity index (χ4v) is 2.35. The van der Waals surface area contributed by atoms with E-state index in [1.54, 1.807) is 5.48 Å². The van der Waals surface area contributed by atoms with Gasteiger partial charge in [0.25, 0.3) is 5.91 Å². The van der Waals surface area contributed by atoms with Crippen molar-refractivity contribution in [1.29, 1.82) is 0 Å². The van der Waals surface area contributed by atoms with Gasteiger partial charge in [0.05, 0.1) is 0 Å². The highest BCUT2D eigenvalue weighted by Crippen LogP contribution is 2.20. The van der Waals surface area contributed by atoms with Gasteiger partial charge < -0.3 is 11.1 Å². The van der Waals surface area contributed by atoms with Crippen LogP contribution in [0.4, 0.5) is 0 Å². The monoisotopic (exact) mass is 313 g/mol. The van der Waals surface area contributed by atoms with Gasteiger partial charge >= 0.3 is 0 Å². The summed E-state index contributed by atoms with van der Waals surface area (Å²) in [5, 5.41) is 11.7. The van der Waals surface area contributed by atoms with Gasteiger partial charge in [-0.2, -0.15) is 0 Å². The Kier molecular flexibility index (Phi) is 6.29. The Bertz CT molecular complexity index is 624. The first kappa shape index (κ1) is 17.1. The van der Waals surface area contributed by atoms with Crippen LogP contribution in [0.1, 0.15) is 18.1 Å². The predicted molar refractivity (Wildman–Crippen MR) is 90.9 cm³/mol. The Morgan fingerprint density at radius 2 is 1.57 bits per heavy atom. The Morgan fingerprint density at radius 1 is 1.04 bits per heavy atom. The van der Waals surface area contributed by atoms with E-state index in [4.69, 9.17) is 10.9 Å². The van der Waals surface area contributed by atoms with Crippen LogP contribution in [0.5, 0.6) is 0 Å². The molecule has 2 rings (SSSR count). The summed E-state index contributed by atoms with van der Waals surface area (Å²) in [5.74, 6) is -0.528. The molecule has 1 atom stereocenters. The highest BCUT2D eigenvalue weighted by molar-refractivity contribution is 5.80. The third kappa shape index (κ3) is 4.63. The van der Waals surface area contributed by atoms with Crippen molar-refractivity contribution < 1.29 is 10.0 Å². The maximum atomic E-state index is 11.4. The number of aryl methyl sites for hydroxylation is 1. The number of carbonyl (C=O) groups excluding carboxylic acids is 1. The van der Waals surface area contributed by atoms with E-state index in [1.807, 2.05) is 12.1 Å². The second kappa shape index (κ2) is 8.43. The van der Waals surface area contributed by atoms with Gasteiger partial charge in [-0.1, -0.05) is 55.5 Å². The highest BCUT2D eigenvalue weighted by atomic mass is 16.5. The Balaban J connectivity index is 2.00. The standard InChI is InChI=1S/C18H23N3O2/c1-2-13-3-7-15(8-4-13)16-9-5-14(6-10-16)12-20-17(11-19)18(22)21-23/h3-10,17,20,23H,2,11-12,19H2,1H3,(H,21,22)/t17-/m0/s1. The molecule has 0 bridgehead atoms. The quantitative estimate of drug-likeness (QED) is 0.464. The maximum Gasteiger partial charge on any atom is 0.261 e. The molecule has 122 valence electrons. The number of hydrogen-bond acceptors (Lipinski definition) is 4. The molecule has 5 heteroatoms. The second-order valence-electron chi connectivity index (χ2n) is 5.39. The lowest BCUT2D eigenvalue weighted by atomic mass is 10.0. The SMILES string of the molecule is CCc1ccc(-c2ccc(CN[C@@H](CN)C(=O)NO)cc2)cc1. The number of nitrogens with one attached hydrogen (secondary N) is 2. The number of benzene rings is 2. The average Bonchev–Trinajstić information content (AvgIpc) is 2.62. The summed E-state index contributed by atoms with van der Waals surface area (Å²) in [7, 11) is 0. The van der Waals surface area contributed by atoms with Crippen molar-refractivity contribution in [1.82, 2.24) is 10.8 Å². The molecule has 0 radical (unpaired) electrons. The lowest BCUT2D eigenvalue weighted by Crippen LogP contribution is -2.47. The Labute approximate surface area is 136 Å². The van der Waals surface area contributed by atoms with E-state index in [2.05, 4.69) is 48.6 Å². The first-order chi connectivity index (χ1) is 11.2. The summed E-state index contributed by atoms with van der Waals surface area (Å²) >= 11 is 0. The van der Waals surface area contributed by atoms with Crippen molar-refractivity contribution in [3.8, 4) is 11.1 Å². The van der Waals surface area contributed by atoms with Crippen LogP contribution in [0, 0.1) is 0 Å². The Hall–Kier alpha value is -2.21. The molecule has 0 saturated carbocycles. The molecule has 0 aromatic heterocycles. The van der Waals surface area contributed by atoms with Crippen molar-refractivity contribution in [3.63, 3.8) is 0 Å². The number of carbonyl (C=O) groups is 1. The zero-order valence-electron chi connectivity index (χ0n) is 13.3. The molecule has 0 aliphatic carbocycles. The third-order valence-corrected chi connectivity index (χ3v) is 3.86. The van der Waals surface area contributed by atoms with Crippen LogP contribution < -0.4 is 16.5 Å². The van der Waals surface area contributed by atoms with E-state index < -0.39 is 11.9 Å². The minimum absolute atomic E-state index is 0.119. The maximum absolute atomic E-state index is 11.4. The first-order valence-corrected chi connectivity index (χ1v) is 7.73. The number of amides is 1. The molecule has 0 fully saturated rings. The summed E-state index contributed by atoms with van der Waals surface area (Å²) in [6.45, 7) is 2.76. The van der Waals surface area contributed by atoms with E-state index in [1.165, 1.54) is 11.1 Å². The Morgan fingerprint density at radius 3 is 2.00 bits per heavy atom. The van der Waals surface area contributed by atoms with Crippen molar-refractivity contribution >= 4 is 5.91 Å². The van der Waals surface area contributed by atoms with Gasteiger partial charge in [-0.25, -0.2) is 5.48 Å². The van der Waals surface area contributed by atoms with Gasteiger partial charge in [-0.15, -0.1) is 0 Å². The number of hydroxylamine groups is 1. The van der Waals surface area contributed by atoms with Crippen LogP contribution in [0.25, 0.3) is 11.1 Å². The van der Waals surface area contributed by atoms with E-state index >= 15 is 0 Å². The van der Waals surface area contributed by atoms with Crippen molar-refractivity contribution in [2.24, 2.45) is 5.73 Å². The van der Waals surface area contributed by atoms with Gasteiger partial charge in [-0.3, -0.25) is 10.0 Å². The van der Waals surface area contributed by atoms with Gasteiger partial charge in [0.1, 0.15) is 6.04 Å².